The van der Waals surface area contributed by atoms with E-state index in [0.29, 0.717) is 19.5 Å². The number of aliphatic hydroxyl groups is 1. The molecule has 1 amide bonds. The fourth-order valence-electron chi connectivity index (χ4n) is 4.33. The van der Waals surface area contributed by atoms with Crippen LogP contribution in [0.2, 0.25) is 0 Å². The lowest BCUT2D eigenvalue weighted by molar-refractivity contribution is -0.129. The number of hydrogen-bond acceptors (Lipinski definition) is 4. The van der Waals surface area contributed by atoms with Gasteiger partial charge in [-0.3, -0.25) is 9.59 Å². The summed E-state index contributed by atoms with van der Waals surface area (Å²) in [6.45, 7) is 1.05. The second-order valence-electron chi connectivity index (χ2n) is 8.44. The summed E-state index contributed by atoms with van der Waals surface area (Å²) in [5, 5.41) is 12.8. The first-order valence-electron chi connectivity index (χ1n) is 10.9. The third kappa shape index (κ3) is 4.30. The summed E-state index contributed by atoms with van der Waals surface area (Å²) < 4.78 is 0. The number of fused-ring (bicyclic) bond motifs is 1. The average Bonchev–Trinajstić information content (AvgIpc) is 3.06. The number of aryl methyl sites for hydroxylation is 1. The number of benzene rings is 3. The van der Waals surface area contributed by atoms with Crippen molar-refractivity contribution < 1.29 is 14.7 Å². The Bertz CT molecular complexity index is 1160. The van der Waals surface area contributed by atoms with Crippen molar-refractivity contribution >= 4 is 22.5 Å². The van der Waals surface area contributed by atoms with Crippen LogP contribution in [0.5, 0.6) is 0 Å². The number of amides is 1. The van der Waals surface area contributed by atoms with Crippen molar-refractivity contribution in [3.8, 4) is 0 Å². The van der Waals surface area contributed by atoms with Gasteiger partial charge in [0.05, 0.1) is 11.6 Å². The third-order valence-electron chi connectivity index (χ3n) is 5.99. The molecule has 0 spiro atoms. The highest BCUT2D eigenvalue weighted by atomic mass is 16.3. The molecular weight excluding hydrogens is 400 g/mol. The summed E-state index contributed by atoms with van der Waals surface area (Å²) >= 11 is 0. The fourth-order valence-corrected chi connectivity index (χ4v) is 4.33. The minimum absolute atomic E-state index is 0.190. The van der Waals surface area contributed by atoms with E-state index in [4.69, 9.17) is 0 Å². The van der Waals surface area contributed by atoms with Gasteiger partial charge in [-0.1, -0.05) is 72.8 Å². The van der Waals surface area contributed by atoms with Gasteiger partial charge in [0.25, 0.3) is 5.91 Å². The Hall–Kier alpha value is -3.44. The van der Waals surface area contributed by atoms with Crippen molar-refractivity contribution in [2.75, 3.05) is 27.2 Å². The van der Waals surface area contributed by atoms with Crippen LogP contribution in [-0.4, -0.2) is 53.8 Å². The Kier molecular flexibility index (Phi) is 6.37. The second-order valence-corrected chi connectivity index (χ2v) is 8.44. The van der Waals surface area contributed by atoms with Crippen LogP contribution in [-0.2, 0) is 16.0 Å². The standard InChI is InChI=1S/C27H28N2O3/c1-28(2)17-18-29-25(22-14-8-12-20-11-6-7-13-21(20)22)24(26(31)27(29)32)23(30)16-15-19-9-4-3-5-10-19/h3-14,25,31H,15-18H2,1-2H3. The normalized spacial score (nSPS) is 16.4. The zero-order valence-electron chi connectivity index (χ0n) is 18.5. The van der Waals surface area contributed by atoms with E-state index < -0.39 is 17.7 Å². The van der Waals surface area contributed by atoms with Gasteiger partial charge in [-0.05, 0) is 42.4 Å². The topological polar surface area (TPSA) is 60.9 Å². The Morgan fingerprint density at radius 2 is 1.66 bits per heavy atom. The molecule has 0 fully saturated rings. The van der Waals surface area contributed by atoms with E-state index >= 15 is 0 Å². The van der Waals surface area contributed by atoms with Crippen LogP contribution in [0.15, 0.2) is 84.1 Å². The van der Waals surface area contributed by atoms with E-state index in [1.54, 1.807) is 4.90 Å². The van der Waals surface area contributed by atoms with E-state index in [0.717, 1.165) is 21.9 Å². The molecule has 0 aromatic heterocycles. The third-order valence-corrected chi connectivity index (χ3v) is 5.99. The van der Waals surface area contributed by atoms with Gasteiger partial charge in [-0.2, -0.15) is 0 Å². The van der Waals surface area contributed by atoms with Gasteiger partial charge in [0.2, 0.25) is 0 Å². The number of hydrogen-bond donors (Lipinski definition) is 1. The van der Waals surface area contributed by atoms with Gasteiger partial charge in [-0.15, -0.1) is 0 Å². The Labute approximate surface area is 188 Å². The zero-order valence-corrected chi connectivity index (χ0v) is 18.5. The quantitative estimate of drug-likeness (QED) is 0.581. The Balaban J connectivity index is 1.73. The minimum Gasteiger partial charge on any atom is -0.503 e. The van der Waals surface area contributed by atoms with Crippen LogP contribution in [0.1, 0.15) is 23.6 Å². The lowest BCUT2D eigenvalue weighted by Crippen LogP contribution is -2.36. The van der Waals surface area contributed by atoms with Crippen molar-refractivity contribution in [3.63, 3.8) is 0 Å². The number of carbonyl (C=O) groups is 2. The minimum atomic E-state index is -0.600. The molecule has 0 bridgehead atoms. The van der Waals surface area contributed by atoms with Crippen molar-refractivity contribution in [1.29, 1.82) is 0 Å². The van der Waals surface area contributed by atoms with Crippen LogP contribution in [0.3, 0.4) is 0 Å². The summed E-state index contributed by atoms with van der Waals surface area (Å²) in [4.78, 5) is 30.1. The molecule has 164 valence electrons. The lowest BCUT2D eigenvalue weighted by Gasteiger charge is -2.29. The molecule has 0 saturated heterocycles. The van der Waals surface area contributed by atoms with Gasteiger partial charge in [0.1, 0.15) is 0 Å². The summed E-state index contributed by atoms with van der Waals surface area (Å²) in [6, 6.07) is 23.0. The van der Waals surface area contributed by atoms with Crippen LogP contribution in [0.25, 0.3) is 10.8 Å². The van der Waals surface area contributed by atoms with E-state index in [1.807, 2.05) is 91.8 Å². The summed E-state index contributed by atoms with van der Waals surface area (Å²) in [7, 11) is 3.87. The van der Waals surface area contributed by atoms with Crippen molar-refractivity contribution in [1.82, 2.24) is 9.80 Å². The van der Waals surface area contributed by atoms with Crippen molar-refractivity contribution in [2.24, 2.45) is 0 Å². The monoisotopic (exact) mass is 428 g/mol. The molecule has 1 aliphatic heterocycles. The van der Waals surface area contributed by atoms with Gasteiger partial charge in [0, 0.05) is 19.5 Å². The average molecular weight is 429 g/mol. The molecule has 0 radical (unpaired) electrons. The maximum absolute atomic E-state index is 13.4. The van der Waals surface area contributed by atoms with E-state index in [1.165, 1.54) is 0 Å². The molecule has 1 atom stereocenters. The van der Waals surface area contributed by atoms with Gasteiger partial charge < -0.3 is 14.9 Å². The van der Waals surface area contributed by atoms with Gasteiger partial charge in [0.15, 0.2) is 11.5 Å². The first-order valence-corrected chi connectivity index (χ1v) is 10.9. The number of likely N-dealkylation sites (N-methyl/N-ethyl adjacent to an activating group) is 1. The maximum Gasteiger partial charge on any atom is 0.290 e. The molecule has 0 saturated carbocycles. The number of aliphatic hydroxyl groups excluding tert-OH is 1. The molecule has 4 rings (SSSR count). The largest absolute Gasteiger partial charge is 0.503 e. The molecule has 3 aromatic carbocycles. The van der Waals surface area contributed by atoms with E-state index in [-0.39, 0.29) is 17.8 Å². The number of carbonyl (C=O) groups excluding carboxylic acids is 2. The smallest absolute Gasteiger partial charge is 0.290 e. The second kappa shape index (κ2) is 9.37. The first-order chi connectivity index (χ1) is 15.5. The lowest BCUT2D eigenvalue weighted by atomic mass is 9.90. The zero-order chi connectivity index (χ0) is 22.7. The molecular formula is C27H28N2O3. The highest BCUT2D eigenvalue weighted by Crippen LogP contribution is 2.40. The van der Waals surface area contributed by atoms with Crippen LogP contribution >= 0.6 is 0 Å². The van der Waals surface area contributed by atoms with Crippen molar-refractivity contribution in [2.45, 2.75) is 18.9 Å². The van der Waals surface area contributed by atoms with Crippen molar-refractivity contribution in [3.05, 3.63) is 95.3 Å². The number of nitrogens with zero attached hydrogens (tertiary/aromatic N) is 2. The van der Waals surface area contributed by atoms with E-state index in [2.05, 4.69) is 0 Å². The molecule has 3 aromatic rings. The number of rotatable bonds is 8. The van der Waals surface area contributed by atoms with E-state index in [9.17, 15) is 14.7 Å². The highest BCUT2D eigenvalue weighted by Gasteiger charge is 2.43. The Morgan fingerprint density at radius 1 is 0.969 bits per heavy atom. The molecule has 1 heterocycles. The molecule has 32 heavy (non-hydrogen) atoms. The summed E-state index contributed by atoms with van der Waals surface area (Å²) in [5.74, 6) is -1.09. The number of Topliss-reactive ketones (excluding diaryl/α,β-unsaturated/α-hetero) is 1. The van der Waals surface area contributed by atoms with Crippen LogP contribution < -0.4 is 0 Å². The van der Waals surface area contributed by atoms with Crippen LogP contribution in [0, 0.1) is 0 Å². The number of ketones is 1. The fraction of sp³-hybridized carbons (Fsp3) is 0.259. The first kappa shape index (κ1) is 21.8. The molecule has 1 N–H and O–H groups in total. The molecule has 0 aliphatic carbocycles. The summed E-state index contributed by atoms with van der Waals surface area (Å²) in [6.07, 6.45) is 0.796. The van der Waals surface area contributed by atoms with Gasteiger partial charge in [-0.25, -0.2) is 0 Å². The predicted octanol–water partition coefficient (Wildman–Crippen LogP) is 4.30. The molecule has 1 aliphatic rings. The molecule has 5 heteroatoms. The summed E-state index contributed by atoms with van der Waals surface area (Å²) in [5.41, 5.74) is 2.12. The Morgan fingerprint density at radius 3 is 2.41 bits per heavy atom. The maximum atomic E-state index is 13.4. The SMILES string of the molecule is CN(C)CCN1C(=O)C(O)=C(C(=O)CCc2ccccc2)C1c1cccc2ccccc12. The van der Waals surface area contributed by atoms with Crippen LogP contribution in [0.4, 0.5) is 0 Å². The highest BCUT2D eigenvalue weighted by molar-refractivity contribution is 6.09. The van der Waals surface area contributed by atoms with Gasteiger partial charge >= 0.3 is 0 Å². The molecule has 1 unspecified atom stereocenters. The molecule has 5 nitrogen and oxygen atoms in total. The predicted molar refractivity (Wildman–Crippen MR) is 126 cm³/mol.